The molecule has 25 heavy (non-hydrogen) atoms. The number of aromatic nitrogens is 2. The van der Waals surface area contributed by atoms with Crippen LogP contribution >= 0.6 is 11.3 Å². The Balaban J connectivity index is 1.81. The molecule has 6 heteroatoms. The van der Waals surface area contributed by atoms with E-state index in [1.165, 1.54) is 46.5 Å². The molecule has 2 aromatic heterocycles. The third-order valence-electron chi connectivity index (χ3n) is 3.98. The maximum Gasteiger partial charge on any atom is 0.263 e. The minimum Gasteiger partial charge on any atom is -0.294 e. The summed E-state index contributed by atoms with van der Waals surface area (Å²) in [5.74, 6) is -0.642. The number of hydrogen-bond acceptors (Lipinski definition) is 3. The third kappa shape index (κ3) is 2.96. The minimum absolute atomic E-state index is 0.171. The van der Waals surface area contributed by atoms with Crippen molar-refractivity contribution < 1.29 is 8.78 Å². The molecule has 0 atom stereocenters. The van der Waals surface area contributed by atoms with Crippen molar-refractivity contribution in [3.05, 3.63) is 87.8 Å². The van der Waals surface area contributed by atoms with Crippen molar-refractivity contribution in [3.8, 4) is 11.1 Å². The van der Waals surface area contributed by atoms with Crippen LogP contribution in [0.1, 0.15) is 5.56 Å². The van der Waals surface area contributed by atoms with Crippen LogP contribution in [0.3, 0.4) is 0 Å². The monoisotopic (exact) mass is 354 g/mol. The van der Waals surface area contributed by atoms with Gasteiger partial charge in [-0.15, -0.1) is 11.3 Å². The summed E-state index contributed by atoms with van der Waals surface area (Å²) in [7, 11) is 0. The van der Waals surface area contributed by atoms with E-state index in [1.54, 1.807) is 24.3 Å². The van der Waals surface area contributed by atoms with Crippen LogP contribution in [-0.2, 0) is 6.54 Å². The molecular formula is C19H12F2N2OS. The number of fused-ring (bicyclic) bond motifs is 1. The average molecular weight is 354 g/mol. The van der Waals surface area contributed by atoms with E-state index in [2.05, 4.69) is 4.98 Å². The summed E-state index contributed by atoms with van der Waals surface area (Å²) in [6.07, 6.45) is 1.50. The molecule has 0 aliphatic carbocycles. The summed E-state index contributed by atoms with van der Waals surface area (Å²) >= 11 is 1.38. The lowest BCUT2D eigenvalue weighted by molar-refractivity contribution is 0.626. The van der Waals surface area contributed by atoms with Gasteiger partial charge in [0, 0.05) is 10.9 Å². The van der Waals surface area contributed by atoms with E-state index < -0.39 is 0 Å². The van der Waals surface area contributed by atoms with Crippen molar-refractivity contribution >= 4 is 21.6 Å². The van der Waals surface area contributed by atoms with Gasteiger partial charge in [0.1, 0.15) is 16.5 Å². The fraction of sp³-hybridized carbons (Fsp3) is 0.0526. The lowest BCUT2D eigenvalue weighted by Gasteiger charge is -2.06. The standard InChI is InChI=1S/C19H12F2N2OS/c20-14-5-1-12(2-6-14)9-23-11-22-18-17(19(23)24)16(10-25-18)13-3-7-15(21)8-4-13/h1-8,10-11H,9H2. The van der Waals surface area contributed by atoms with E-state index in [-0.39, 0.29) is 17.2 Å². The number of nitrogens with zero attached hydrogens (tertiary/aromatic N) is 2. The van der Waals surface area contributed by atoms with Crippen LogP contribution in [0.5, 0.6) is 0 Å². The summed E-state index contributed by atoms with van der Waals surface area (Å²) in [5, 5.41) is 2.37. The quantitative estimate of drug-likeness (QED) is 0.545. The Bertz CT molecular complexity index is 1100. The number of thiophene rings is 1. The predicted molar refractivity (Wildman–Crippen MR) is 94.8 cm³/mol. The molecule has 0 aliphatic rings. The third-order valence-corrected chi connectivity index (χ3v) is 4.87. The second-order valence-corrected chi connectivity index (χ2v) is 6.50. The van der Waals surface area contributed by atoms with Gasteiger partial charge < -0.3 is 0 Å². The molecule has 3 nitrogen and oxygen atoms in total. The molecule has 0 saturated heterocycles. The van der Waals surface area contributed by atoms with Gasteiger partial charge in [0.05, 0.1) is 18.3 Å². The fourth-order valence-electron chi connectivity index (χ4n) is 2.71. The molecule has 4 rings (SSSR count). The summed E-state index contributed by atoms with van der Waals surface area (Å²) in [6, 6.07) is 12.0. The molecule has 2 heterocycles. The molecule has 124 valence electrons. The van der Waals surface area contributed by atoms with Crippen LogP contribution in [0.25, 0.3) is 21.3 Å². The summed E-state index contributed by atoms with van der Waals surface area (Å²) < 4.78 is 27.7. The molecule has 0 fully saturated rings. The fourth-order valence-corrected chi connectivity index (χ4v) is 3.62. The normalized spacial score (nSPS) is 11.1. The van der Waals surface area contributed by atoms with Crippen molar-refractivity contribution in [2.75, 3.05) is 0 Å². The molecule has 0 bridgehead atoms. The van der Waals surface area contributed by atoms with Crippen molar-refractivity contribution in [1.82, 2.24) is 9.55 Å². The van der Waals surface area contributed by atoms with Crippen molar-refractivity contribution in [2.45, 2.75) is 6.54 Å². The van der Waals surface area contributed by atoms with Gasteiger partial charge in [-0.2, -0.15) is 0 Å². The zero-order valence-corrected chi connectivity index (χ0v) is 13.8. The average Bonchev–Trinajstić information content (AvgIpc) is 3.05. The molecule has 0 saturated carbocycles. The highest BCUT2D eigenvalue weighted by molar-refractivity contribution is 7.17. The zero-order chi connectivity index (χ0) is 17.4. The molecule has 4 aromatic rings. The van der Waals surface area contributed by atoms with E-state index in [9.17, 15) is 13.6 Å². The van der Waals surface area contributed by atoms with Gasteiger partial charge in [0.2, 0.25) is 0 Å². The van der Waals surface area contributed by atoms with Gasteiger partial charge in [0.25, 0.3) is 5.56 Å². The summed E-state index contributed by atoms with van der Waals surface area (Å²) in [6.45, 7) is 0.306. The zero-order valence-electron chi connectivity index (χ0n) is 12.9. The molecule has 0 N–H and O–H groups in total. The van der Waals surface area contributed by atoms with Crippen LogP contribution in [0.2, 0.25) is 0 Å². The SMILES string of the molecule is O=c1c2c(-c3ccc(F)cc3)csc2ncn1Cc1ccc(F)cc1. The minimum atomic E-state index is -0.324. The smallest absolute Gasteiger partial charge is 0.263 e. The van der Waals surface area contributed by atoms with Crippen LogP contribution in [0.15, 0.2) is 65.0 Å². The van der Waals surface area contributed by atoms with Crippen LogP contribution in [0, 0.1) is 11.6 Å². The highest BCUT2D eigenvalue weighted by Crippen LogP contribution is 2.30. The molecule has 2 aromatic carbocycles. The van der Waals surface area contributed by atoms with E-state index in [1.807, 2.05) is 5.38 Å². The maximum absolute atomic E-state index is 13.2. The van der Waals surface area contributed by atoms with Crippen molar-refractivity contribution in [2.24, 2.45) is 0 Å². The molecule has 0 unspecified atom stereocenters. The Morgan fingerprint density at radius 2 is 1.60 bits per heavy atom. The molecule has 0 radical (unpaired) electrons. The Hall–Kier alpha value is -2.86. The Morgan fingerprint density at radius 1 is 0.960 bits per heavy atom. The molecule has 0 spiro atoms. The first kappa shape index (κ1) is 15.7. The van der Waals surface area contributed by atoms with Gasteiger partial charge in [0.15, 0.2) is 0 Å². The summed E-state index contributed by atoms with van der Waals surface area (Å²) in [5.41, 5.74) is 2.15. The van der Waals surface area contributed by atoms with Gasteiger partial charge in [-0.3, -0.25) is 9.36 Å². The highest BCUT2D eigenvalue weighted by atomic mass is 32.1. The Morgan fingerprint density at radius 3 is 2.28 bits per heavy atom. The second-order valence-electron chi connectivity index (χ2n) is 5.64. The Labute approximate surface area is 145 Å². The maximum atomic E-state index is 13.2. The summed E-state index contributed by atoms with van der Waals surface area (Å²) in [4.78, 5) is 17.9. The lowest BCUT2D eigenvalue weighted by Crippen LogP contribution is -2.20. The van der Waals surface area contributed by atoms with Crippen LogP contribution in [0.4, 0.5) is 8.78 Å². The molecule has 0 aliphatic heterocycles. The number of benzene rings is 2. The van der Waals surface area contributed by atoms with E-state index in [0.29, 0.717) is 16.8 Å². The van der Waals surface area contributed by atoms with Crippen LogP contribution in [-0.4, -0.2) is 9.55 Å². The number of halogens is 2. The van der Waals surface area contributed by atoms with E-state index >= 15 is 0 Å². The van der Waals surface area contributed by atoms with Gasteiger partial charge in [-0.25, -0.2) is 13.8 Å². The first-order valence-electron chi connectivity index (χ1n) is 7.59. The van der Waals surface area contributed by atoms with Crippen molar-refractivity contribution in [1.29, 1.82) is 0 Å². The van der Waals surface area contributed by atoms with E-state index in [4.69, 9.17) is 0 Å². The van der Waals surface area contributed by atoms with Gasteiger partial charge in [-0.05, 0) is 35.4 Å². The number of rotatable bonds is 3. The van der Waals surface area contributed by atoms with Crippen LogP contribution < -0.4 is 5.56 Å². The molecular weight excluding hydrogens is 342 g/mol. The largest absolute Gasteiger partial charge is 0.294 e. The predicted octanol–water partition coefficient (Wildman–Crippen LogP) is 4.45. The first-order valence-corrected chi connectivity index (χ1v) is 8.47. The Kier molecular flexibility index (Phi) is 3.89. The molecule has 0 amide bonds. The van der Waals surface area contributed by atoms with Gasteiger partial charge in [-0.1, -0.05) is 24.3 Å². The highest BCUT2D eigenvalue weighted by Gasteiger charge is 2.13. The topological polar surface area (TPSA) is 34.9 Å². The first-order chi connectivity index (χ1) is 12.1. The lowest BCUT2D eigenvalue weighted by atomic mass is 10.1. The second kappa shape index (κ2) is 6.22. The number of hydrogen-bond donors (Lipinski definition) is 0. The van der Waals surface area contributed by atoms with Crippen molar-refractivity contribution in [3.63, 3.8) is 0 Å². The van der Waals surface area contributed by atoms with Gasteiger partial charge >= 0.3 is 0 Å². The van der Waals surface area contributed by atoms with E-state index in [0.717, 1.165) is 16.7 Å².